The van der Waals surface area contributed by atoms with Crippen LogP contribution in [-0.2, 0) is 4.74 Å². The maximum Gasteiger partial charge on any atom is 0.411 e. The second kappa shape index (κ2) is 7.18. The maximum absolute atomic E-state index is 11.7. The molecule has 0 heterocycles. The number of rotatable bonds is 7. The van der Waals surface area contributed by atoms with Crippen molar-refractivity contribution in [2.45, 2.75) is 37.9 Å². The fourth-order valence-corrected chi connectivity index (χ4v) is 2.17. The monoisotopic (exact) mass is 255 g/mol. The van der Waals surface area contributed by atoms with E-state index < -0.39 is 12.8 Å². The van der Waals surface area contributed by atoms with Crippen molar-refractivity contribution in [2.24, 2.45) is 5.92 Å². The quantitative estimate of drug-likeness (QED) is 0.680. The Kier molecular flexibility index (Phi) is 6.22. The molecule has 1 aliphatic rings. The van der Waals surface area contributed by atoms with Crippen LogP contribution in [0.1, 0.15) is 25.7 Å². The minimum atomic E-state index is -4.24. The van der Waals surface area contributed by atoms with Crippen LogP contribution in [0, 0.1) is 5.92 Å². The Hall–Kier alpha value is -0.330. The van der Waals surface area contributed by atoms with E-state index >= 15 is 0 Å². The Balaban J connectivity index is 1.97. The summed E-state index contributed by atoms with van der Waals surface area (Å²) in [6.45, 7) is -0.236. The van der Waals surface area contributed by atoms with Gasteiger partial charge in [0.2, 0.25) is 0 Å². The van der Waals surface area contributed by atoms with Gasteiger partial charge in [-0.25, -0.2) is 0 Å². The van der Waals surface area contributed by atoms with E-state index in [1.165, 1.54) is 0 Å². The van der Waals surface area contributed by atoms with E-state index in [4.69, 9.17) is 5.11 Å². The molecule has 1 rings (SSSR count). The first-order chi connectivity index (χ1) is 8.03. The molecule has 3 nitrogen and oxygen atoms in total. The van der Waals surface area contributed by atoms with Gasteiger partial charge in [-0.15, -0.1) is 0 Å². The highest BCUT2D eigenvalue weighted by Crippen LogP contribution is 2.24. The Bertz CT molecular complexity index is 211. The van der Waals surface area contributed by atoms with Crippen LogP contribution in [0.2, 0.25) is 0 Å². The van der Waals surface area contributed by atoms with Gasteiger partial charge in [-0.05, 0) is 31.7 Å². The van der Waals surface area contributed by atoms with Crippen molar-refractivity contribution < 1.29 is 23.0 Å². The van der Waals surface area contributed by atoms with E-state index in [9.17, 15) is 13.2 Å². The summed E-state index contributed by atoms with van der Waals surface area (Å²) in [5, 5.41) is 12.3. The number of alkyl halides is 3. The van der Waals surface area contributed by atoms with Gasteiger partial charge in [-0.3, -0.25) is 0 Å². The highest BCUT2D eigenvalue weighted by Gasteiger charge is 2.27. The fourth-order valence-electron chi connectivity index (χ4n) is 2.17. The minimum absolute atomic E-state index is 0.114. The van der Waals surface area contributed by atoms with Crippen molar-refractivity contribution in [2.75, 3.05) is 26.4 Å². The first-order valence-electron chi connectivity index (χ1n) is 6.01. The normalized spacial score (nSPS) is 25.4. The molecule has 1 fully saturated rings. The van der Waals surface area contributed by atoms with Crippen LogP contribution in [-0.4, -0.2) is 43.7 Å². The zero-order chi connectivity index (χ0) is 12.7. The summed E-state index contributed by atoms with van der Waals surface area (Å²) in [5.41, 5.74) is 0. The van der Waals surface area contributed by atoms with Crippen molar-refractivity contribution in [3.8, 4) is 0 Å². The summed E-state index contributed by atoms with van der Waals surface area (Å²) < 4.78 is 39.7. The van der Waals surface area contributed by atoms with Crippen molar-refractivity contribution in [3.63, 3.8) is 0 Å². The molecule has 0 aliphatic heterocycles. The third-order valence-corrected chi connectivity index (χ3v) is 3.03. The van der Waals surface area contributed by atoms with Crippen LogP contribution < -0.4 is 5.32 Å². The molecule has 1 saturated carbocycles. The molecular formula is C11H20F3NO2. The molecular weight excluding hydrogens is 235 g/mol. The SMILES string of the molecule is OCC1CCCC1NCCCOCC(F)(F)F. The number of nitrogens with one attached hydrogen (secondary N) is 1. The van der Waals surface area contributed by atoms with E-state index in [1.807, 2.05) is 0 Å². The predicted molar refractivity (Wildman–Crippen MR) is 57.7 cm³/mol. The first kappa shape index (κ1) is 14.7. The molecule has 0 radical (unpaired) electrons. The highest BCUT2D eigenvalue weighted by molar-refractivity contribution is 4.82. The molecule has 0 saturated heterocycles. The molecule has 0 aromatic rings. The summed E-state index contributed by atoms with van der Waals surface area (Å²) in [5.74, 6) is 0.297. The molecule has 0 aromatic carbocycles. The number of hydrogen-bond donors (Lipinski definition) is 2. The third-order valence-electron chi connectivity index (χ3n) is 3.03. The molecule has 0 bridgehead atoms. The Morgan fingerprint density at radius 1 is 1.29 bits per heavy atom. The van der Waals surface area contributed by atoms with Gasteiger partial charge in [0.05, 0.1) is 0 Å². The molecule has 0 spiro atoms. The smallest absolute Gasteiger partial charge is 0.396 e. The molecule has 2 unspecified atom stereocenters. The second-order valence-corrected chi connectivity index (χ2v) is 4.46. The molecule has 2 atom stereocenters. The first-order valence-corrected chi connectivity index (χ1v) is 6.01. The molecule has 0 amide bonds. The fraction of sp³-hybridized carbons (Fsp3) is 1.00. The van der Waals surface area contributed by atoms with Gasteiger partial charge >= 0.3 is 6.18 Å². The van der Waals surface area contributed by atoms with Crippen LogP contribution >= 0.6 is 0 Å². The average Bonchev–Trinajstić information content (AvgIpc) is 2.69. The van der Waals surface area contributed by atoms with Crippen molar-refractivity contribution in [3.05, 3.63) is 0 Å². The Morgan fingerprint density at radius 2 is 2.06 bits per heavy atom. The van der Waals surface area contributed by atoms with Crippen molar-refractivity contribution >= 4 is 0 Å². The van der Waals surface area contributed by atoms with Crippen LogP contribution in [0.15, 0.2) is 0 Å². The largest absolute Gasteiger partial charge is 0.411 e. The molecule has 0 aromatic heterocycles. The van der Waals surface area contributed by atoms with Gasteiger partial charge in [0.15, 0.2) is 0 Å². The molecule has 6 heteroatoms. The summed E-state index contributed by atoms with van der Waals surface area (Å²) in [4.78, 5) is 0. The van der Waals surface area contributed by atoms with Crippen LogP contribution in [0.25, 0.3) is 0 Å². The lowest BCUT2D eigenvalue weighted by Gasteiger charge is -2.18. The zero-order valence-corrected chi connectivity index (χ0v) is 9.80. The molecule has 17 heavy (non-hydrogen) atoms. The number of halogens is 3. The van der Waals surface area contributed by atoms with Crippen LogP contribution in [0.4, 0.5) is 13.2 Å². The van der Waals surface area contributed by atoms with Crippen molar-refractivity contribution in [1.29, 1.82) is 0 Å². The Labute approximate surface area is 99.3 Å². The lowest BCUT2D eigenvalue weighted by atomic mass is 10.1. The lowest BCUT2D eigenvalue weighted by molar-refractivity contribution is -0.173. The molecule has 2 N–H and O–H groups in total. The number of aliphatic hydroxyl groups is 1. The zero-order valence-electron chi connectivity index (χ0n) is 9.80. The number of aliphatic hydroxyl groups excluding tert-OH is 1. The molecule has 1 aliphatic carbocycles. The van der Waals surface area contributed by atoms with E-state index in [0.717, 1.165) is 19.3 Å². The lowest BCUT2D eigenvalue weighted by Crippen LogP contribution is -2.35. The van der Waals surface area contributed by atoms with Crippen LogP contribution in [0.5, 0.6) is 0 Å². The van der Waals surface area contributed by atoms with Gasteiger partial charge in [-0.2, -0.15) is 13.2 Å². The van der Waals surface area contributed by atoms with Crippen molar-refractivity contribution in [1.82, 2.24) is 5.32 Å². The summed E-state index contributed by atoms with van der Waals surface area (Å²) in [6.07, 6.45) is -0.508. The average molecular weight is 255 g/mol. The van der Waals surface area contributed by atoms with E-state index in [1.54, 1.807) is 0 Å². The predicted octanol–water partition coefficient (Wildman–Crippen LogP) is 1.71. The van der Waals surface area contributed by atoms with E-state index in [-0.39, 0.29) is 13.2 Å². The standard InChI is InChI=1S/C11H20F3NO2/c12-11(13,14)8-17-6-2-5-15-10-4-1-3-9(10)7-16/h9-10,15-16H,1-8H2. The van der Waals surface area contributed by atoms with Crippen LogP contribution in [0.3, 0.4) is 0 Å². The minimum Gasteiger partial charge on any atom is -0.396 e. The van der Waals surface area contributed by atoms with E-state index in [2.05, 4.69) is 10.1 Å². The summed E-state index contributed by atoms with van der Waals surface area (Å²) in [6, 6.07) is 0.308. The number of hydrogen-bond acceptors (Lipinski definition) is 3. The van der Waals surface area contributed by atoms with Gasteiger partial charge < -0.3 is 15.2 Å². The summed E-state index contributed by atoms with van der Waals surface area (Å²) in [7, 11) is 0. The topological polar surface area (TPSA) is 41.5 Å². The van der Waals surface area contributed by atoms with Gasteiger partial charge in [0.1, 0.15) is 6.61 Å². The second-order valence-electron chi connectivity index (χ2n) is 4.46. The van der Waals surface area contributed by atoms with Gasteiger partial charge in [0, 0.05) is 19.3 Å². The highest BCUT2D eigenvalue weighted by atomic mass is 19.4. The third kappa shape index (κ3) is 6.24. The van der Waals surface area contributed by atoms with Gasteiger partial charge in [0.25, 0.3) is 0 Å². The maximum atomic E-state index is 11.7. The summed E-state index contributed by atoms with van der Waals surface area (Å²) >= 11 is 0. The van der Waals surface area contributed by atoms with E-state index in [0.29, 0.717) is 24.9 Å². The Morgan fingerprint density at radius 3 is 2.71 bits per heavy atom. The molecule has 102 valence electrons. The number of ether oxygens (including phenoxy) is 1. The van der Waals surface area contributed by atoms with Gasteiger partial charge in [-0.1, -0.05) is 6.42 Å².